The van der Waals surface area contributed by atoms with E-state index < -0.39 is 18.1 Å². The Balaban J connectivity index is 1.64. The second kappa shape index (κ2) is 6.75. The van der Waals surface area contributed by atoms with E-state index in [9.17, 15) is 9.18 Å². The van der Waals surface area contributed by atoms with Gasteiger partial charge in [0.15, 0.2) is 0 Å². The normalized spacial score (nSPS) is 37.0. The summed E-state index contributed by atoms with van der Waals surface area (Å²) >= 11 is 0. The van der Waals surface area contributed by atoms with Crippen molar-refractivity contribution in [3.8, 4) is 0 Å². The zero-order chi connectivity index (χ0) is 16.6. The third kappa shape index (κ3) is 3.85. The molecule has 1 saturated carbocycles. The molecule has 2 N–H and O–H groups in total. The van der Waals surface area contributed by atoms with Crippen molar-refractivity contribution in [3.05, 3.63) is 12.2 Å². The predicted molar refractivity (Wildman–Crippen MR) is 90.4 cm³/mol. The lowest BCUT2D eigenvalue weighted by atomic mass is 9.67. The minimum atomic E-state index is -1.18. The first-order valence-corrected chi connectivity index (χ1v) is 8.61. The molecule has 0 aromatic rings. The van der Waals surface area contributed by atoms with Crippen LogP contribution in [0, 0.1) is 11.8 Å². The standard InChI is InChI=1S/C17H25BFN3O/c1-10(23)14-8-12(18)9-15(19)16(14)21-17(20)11-4-6-22(7-5-11)13-2-3-13/h2-3,11-16H,4-9H2,1H3,(H2,20,21)/t12?,14?,15-,16?/m1/s1. The molecule has 23 heavy (non-hydrogen) atoms. The average Bonchev–Trinajstić information content (AvgIpc) is 3.34. The Bertz CT molecular complexity index is 510. The molecule has 4 atom stereocenters. The highest BCUT2D eigenvalue weighted by Gasteiger charge is 2.39. The maximum atomic E-state index is 14.4. The minimum absolute atomic E-state index is 0.0426. The van der Waals surface area contributed by atoms with Crippen molar-refractivity contribution in [2.24, 2.45) is 22.6 Å². The van der Waals surface area contributed by atoms with Crippen LogP contribution in [0.2, 0.25) is 5.82 Å². The zero-order valence-corrected chi connectivity index (χ0v) is 13.7. The number of alkyl halides is 1. The van der Waals surface area contributed by atoms with E-state index in [0.29, 0.717) is 18.3 Å². The highest BCUT2D eigenvalue weighted by Crippen LogP contribution is 2.36. The third-order valence-corrected chi connectivity index (χ3v) is 5.42. The number of nitrogens with zero attached hydrogens (tertiary/aromatic N) is 2. The number of carbonyl (C=O) groups excluding carboxylic acids is 1. The minimum Gasteiger partial charge on any atom is -0.387 e. The Morgan fingerprint density at radius 3 is 2.52 bits per heavy atom. The summed E-state index contributed by atoms with van der Waals surface area (Å²) in [5.41, 5.74) is 6.18. The summed E-state index contributed by atoms with van der Waals surface area (Å²) in [5.74, 6) is -0.0360. The molecule has 1 saturated heterocycles. The third-order valence-electron chi connectivity index (χ3n) is 5.42. The average molecular weight is 317 g/mol. The van der Waals surface area contributed by atoms with Crippen LogP contribution in [0.4, 0.5) is 4.39 Å². The van der Waals surface area contributed by atoms with Gasteiger partial charge in [0.2, 0.25) is 0 Å². The van der Waals surface area contributed by atoms with E-state index in [0.717, 1.165) is 25.9 Å². The lowest BCUT2D eigenvalue weighted by Crippen LogP contribution is -2.43. The monoisotopic (exact) mass is 317 g/mol. The number of rotatable bonds is 4. The van der Waals surface area contributed by atoms with Crippen molar-refractivity contribution in [1.29, 1.82) is 0 Å². The molecule has 6 heteroatoms. The molecular formula is C17H25BFN3O. The molecule has 0 aromatic heterocycles. The molecule has 0 amide bonds. The van der Waals surface area contributed by atoms with Crippen molar-refractivity contribution in [2.75, 3.05) is 13.1 Å². The van der Waals surface area contributed by atoms with Crippen LogP contribution in [0.15, 0.2) is 17.1 Å². The summed E-state index contributed by atoms with van der Waals surface area (Å²) in [7, 11) is 5.86. The van der Waals surface area contributed by atoms with E-state index in [1.54, 1.807) is 0 Å². The van der Waals surface area contributed by atoms with Crippen LogP contribution in [-0.2, 0) is 4.79 Å². The molecule has 3 aliphatic rings. The Labute approximate surface area is 138 Å². The number of hydrogen-bond acceptors (Lipinski definition) is 3. The fourth-order valence-corrected chi connectivity index (χ4v) is 3.88. The number of ketones is 1. The van der Waals surface area contributed by atoms with Crippen LogP contribution in [-0.4, -0.2) is 55.7 Å². The summed E-state index contributed by atoms with van der Waals surface area (Å²) in [6, 6.07) is -0.123. The summed E-state index contributed by atoms with van der Waals surface area (Å²) in [6.07, 6.45) is 5.85. The molecule has 2 radical (unpaired) electrons. The fourth-order valence-electron chi connectivity index (χ4n) is 3.88. The van der Waals surface area contributed by atoms with E-state index >= 15 is 0 Å². The first kappa shape index (κ1) is 16.7. The van der Waals surface area contributed by atoms with Crippen LogP contribution in [0.25, 0.3) is 0 Å². The summed E-state index contributed by atoms with van der Waals surface area (Å²) in [5, 5.41) is 0. The number of piperidine rings is 1. The molecular weight excluding hydrogens is 292 g/mol. The van der Waals surface area contributed by atoms with Gasteiger partial charge in [0.1, 0.15) is 12.0 Å². The number of aliphatic imine (C=N–C) groups is 1. The van der Waals surface area contributed by atoms with E-state index in [1.165, 1.54) is 6.92 Å². The first-order valence-electron chi connectivity index (χ1n) is 8.61. The number of carbonyl (C=O) groups is 1. The molecule has 3 rings (SSSR count). The molecule has 4 nitrogen and oxygen atoms in total. The number of nitrogens with two attached hydrogens (primary N) is 1. The molecule has 1 aliphatic heterocycles. The van der Waals surface area contributed by atoms with Gasteiger partial charge in [-0.2, -0.15) is 0 Å². The van der Waals surface area contributed by atoms with Gasteiger partial charge in [0.25, 0.3) is 0 Å². The maximum absolute atomic E-state index is 14.4. The van der Waals surface area contributed by atoms with Gasteiger partial charge in [0, 0.05) is 17.9 Å². The number of Topliss-reactive ketones (excluding diaryl/α,β-unsaturated/α-hetero) is 1. The van der Waals surface area contributed by atoms with Crippen LogP contribution in [0.1, 0.15) is 32.6 Å². The topological polar surface area (TPSA) is 58.7 Å². The largest absolute Gasteiger partial charge is 0.387 e. The summed E-state index contributed by atoms with van der Waals surface area (Å²) in [4.78, 5) is 18.7. The predicted octanol–water partition coefficient (Wildman–Crippen LogP) is 1.66. The molecule has 0 bridgehead atoms. The molecule has 1 heterocycles. The van der Waals surface area contributed by atoms with Crippen molar-refractivity contribution in [1.82, 2.24) is 4.90 Å². The highest BCUT2D eigenvalue weighted by molar-refractivity contribution is 6.12. The number of amidine groups is 1. The lowest BCUT2D eigenvalue weighted by molar-refractivity contribution is -0.122. The van der Waals surface area contributed by atoms with E-state index in [1.807, 2.05) is 0 Å². The van der Waals surface area contributed by atoms with Crippen molar-refractivity contribution in [2.45, 2.75) is 56.7 Å². The van der Waals surface area contributed by atoms with Crippen LogP contribution in [0.5, 0.6) is 0 Å². The quantitative estimate of drug-likeness (QED) is 0.371. The van der Waals surface area contributed by atoms with Crippen molar-refractivity contribution >= 4 is 19.5 Å². The second-order valence-corrected chi connectivity index (χ2v) is 7.19. The smallest absolute Gasteiger partial charge is 0.135 e. The molecule has 124 valence electrons. The van der Waals surface area contributed by atoms with Crippen LogP contribution >= 0.6 is 0 Å². The van der Waals surface area contributed by atoms with Gasteiger partial charge in [-0.3, -0.25) is 14.7 Å². The van der Waals surface area contributed by atoms with Gasteiger partial charge in [-0.05, 0) is 45.7 Å². The molecule has 0 spiro atoms. The zero-order valence-electron chi connectivity index (χ0n) is 13.7. The molecule has 0 aromatic carbocycles. The lowest BCUT2D eigenvalue weighted by Gasteiger charge is -2.36. The SMILES string of the molecule is [B]C1CC(C(C)=O)C(N=C(N)C2CCN(C3C=C3)CC2)[C@H](F)C1. The first-order chi connectivity index (χ1) is 11.0. The van der Waals surface area contributed by atoms with Gasteiger partial charge >= 0.3 is 0 Å². The Hall–Kier alpha value is -1.17. The van der Waals surface area contributed by atoms with Crippen molar-refractivity contribution < 1.29 is 9.18 Å². The number of likely N-dealkylation sites (tertiary alicyclic amines) is 1. The van der Waals surface area contributed by atoms with Crippen LogP contribution < -0.4 is 5.73 Å². The van der Waals surface area contributed by atoms with E-state index in [2.05, 4.69) is 22.0 Å². The van der Waals surface area contributed by atoms with Gasteiger partial charge in [-0.1, -0.05) is 18.0 Å². The molecule has 2 fully saturated rings. The van der Waals surface area contributed by atoms with Gasteiger partial charge < -0.3 is 5.73 Å². The Morgan fingerprint density at radius 2 is 1.96 bits per heavy atom. The van der Waals surface area contributed by atoms with Gasteiger partial charge in [0.05, 0.1) is 19.7 Å². The van der Waals surface area contributed by atoms with Gasteiger partial charge in [-0.25, -0.2) is 4.39 Å². The highest BCUT2D eigenvalue weighted by atomic mass is 19.1. The van der Waals surface area contributed by atoms with E-state index in [-0.39, 0.29) is 23.9 Å². The molecule has 3 unspecified atom stereocenters. The summed E-state index contributed by atoms with van der Waals surface area (Å²) in [6.45, 7) is 3.47. The van der Waals surface area contributed by atoms with Gasteiger partial charge in [-0.15, -0.1) is 0 Å². The van der Waals surface area contributed by atoms with E-state index in [4.69, 9.17) is 13.6 Å². The number of hydrogen-bond donors (Lipinski definition) is 1. The second-order valence-electron chi connectivity index (χ2n) is 7.19. The summed E-state index contributed by atoms with van der Waals surface area (Å²) < 4.78 is 14.4. The molecule has 2 aliphatic carbocycles. The number of halogens is 1. The van der Waals surface area contributed by atoms with Crippen LogP contribution in [0.3, 0.4) is 0 Å². The van der Waals surface area contributed by atoms with Crippen molar-refractivity contribution in [3.63, 3.8) is 0 Å². The Morgan fingerprint density at radius 1 is 1.30 bits per heavy atom. The fraction of sp³-hybridized carbons (Fsp3) is 0.765. The maximum Gasteiger partial charge on any atom is 0.135 e. The Kier molecular flexibility index (Phi) is 4.90.